The Kier molecular flexibility index (Phi) is 3.54. The first kappa shape index (κ1) is 10.1. The van der Waals surface area contributed by atoms with E-state index in [9.17, 15) is 5.11 Å². The highest BCUT2D eigenvalue weighted by Crippen LogP contribution is 2.36. The van der Waals surface area contributed by atoms with E-state index in [-0.39, 0.29) is 6.61 Å². The average molecular weight is 211 g/mol. The summed E-state index contributed by atoms with van der Waals surface area (Å²) < 4.78 is 0. The highest BCUT2D eigenvalue weighted by Gasteiger charge is 2.25. The number of thiazole rings is 1. The van der Waals surface area contributed by atoms with Crippen molar-refractivity contribution in [3.63, 3.8) is 0 Å². The smallest absolute Gasteiger partial charge is 0.0794 e. The fourth-order valence-electron chi connectivity index (χ4n) is 2.42. The Hall–Kier alpha value is -0.410. The molecule has 2 nitrogen and oxygen atoms in total. The molecule has 0 bridgehead atoms. The predicted molar refractivity (Wildman–Crippen MR) is 58.5 cm³/mol. The first-order valence-electron chi connectivity index (χ1n) is 5.41. The van der Waals surface area contributed by atoms with E-state index >= 15 is 0 Å². The van der Waals surface area contributed by atoms with Gasteiger partial charge in [0.2, 0.25) is 0 Å². The van der Waals surface area contributed by atoms with Crippen LogP contribution in [0.4, 0.5) is 0 Å². The quantitative estimate of drug-likeness (QED) is 0.834. The fourth-order valence-corrected chi connectivity index (χ4v) is 3.22. The molecule has 1 aromatic heterocycles. The van der Waals surface area contributed by atoms with Gasteiger partial charge in [-0.25, -0.2) is 0 Å². The Bertz CT molecular complexity index is 254. The largest absolute Gasteiger partial charge is 0.396 e. The van der Waals surface area contributed by atoms with Crippen molar-refractivity contribution in [2.45, 2.75) is 38.0 Å². The van der Waals surface area contributed by atoms with E-state index in [1.807, 2.05) is 11.7 Å². The molecular formula is C11H17NOS. The van der Waals surface area contributed by atoms with Crippen molar-refractivity contribution in [1.82, 2.24) is 4.98 Å². The topological polar surface area (TPSA) is 33.1 Å². The molecular weight excluding hydrogens is 194 g/mol. The Morgan fingerprint density at radius 2 is 2.21 bits per heavy atom. The molecule has 1 aliphatic carbocycles. The number of rotatable bonds is 3. The van der Waals surface area contributed by atoms with Crippen LogP contribution in [0, 0.1) is 5.92 Å². The summed E-state index contributed by atoms with van der Waals surface area (Å²) in [5, 5.41) is 9.43. The van der Waals surface area contributed by atoms with E-state index in [2.05, 4.69) is 4.98 Å². The molecule has 1 atom stereocenters. The van der Waals surface area contributed by atoms with E-state index in [0.717, 1.165) is 0 Å². The van der Waals surface area contributed by atoms with E-state index < -0.39 is 0 Å². The van der Waals surface area contributed by atoms with Crippen molar-refractivity contribution in [2.75, 3.05) is 6.61 Å². The Morgan fingerprint density at radius 3 is 2.79 bits per heavy atom. The minimum Gasteiger partial charge on any atom is -0.396 e. The first-order valence-corrected chi connectivity index (χ1v) is 6.29. The van der Waals surface area contributed by atoms with E-state index in [1.54, 1.807) is 11.3 Å². The minimum atomic E-state index is 0.285. The van der Waals surface area contributed by atoms with Crippen LogP contribution < -0.4 is 0 Å². The van der Waals surface area contributed by atoms with Gasteiger partial charge in [0.25, 0.3) is 0 Å². The molecule has 1 heterocycles. The van der Waals surface area contributed by atoms with Gasteiger partial charge in [0.05, 0.1) is 12.1 Å². The average Bonchev–Trinajstić information content (AvgIpc) is 2.74. The summed E-state index contributed by atoms with van der Waals surface area (Å²) in [5.41, 5.74) is 1.86. The van der Waals surface area contributed by atoms with Crippen molar-refractivity contribution in [3.8, 4) is 0 Å². The normalized spacial score (nSPS) is 20.9. The molecule has 0 saturated heterocycles. The van der Waals surface area contributed by atoms with E-state index in [4.69, 9.17) is 0 Å². The summed E-state index contributed by atoms with van der Waals surface area (Å²) in [7, 11) is 0. The number of nitrogens with zero attached hydrogens (tertiary/aromatic N) is 1. The summed E-state index contributed by atoms with van der Waals surface area (Å²) in [4.78, 5) is 5.36. The van der Waals surface area contributed by atoms with Crippen LogP contribution >= 0.6 is 11.3 Å². The second kappa shape index (κ2) is 4.89. The van der Waals surface area contributed by atoms with Crippen LogP contribution in [0.2, 0.25) is 0 Å². The molecule has 3 heteroatoms. The van der Waals surface area contributed by atoms with Gasteiger partial charge in [-0.1, -0.05) is 19.3 Å². The van der Waals surface area contributed by atoms with Crippen molar-refractivity contribution >= 4 is 11.3 Å². The van der Waals surface area contributed by atoms with E-state index in [0.29, 0.717) is 11.8 Å². The third-order valence-corrected chi connectivity index (χ3v) is 4.14. The lowest BCUT2D eigenvalue weighted by atomic mass is 9.80. The molecule has 1 fully saturated rings. The molecule has 1 aromatic rings. The predicted octanol–water partition coefficient (Wildman–Crippen LogP) is 2.80. The van der Waals surface area contributed by atoms with Crippen LogP contribution in [0.15, 0.2) is 11.7 Å². The van der Waals surface area contributed by atoms with Gasteiger partial charge >= 0.3 is 0 Å². The van der Waals surface area contributed by atoms with Gasteiger partial charge in [-0.05, 0) is 18.8 Å². The van der Waals surface area contributed by atoms with Gasteiger partial charge in [-0.2, -0.15) is 0 Å². The van der Waals surface area contributed by atoms with Crippen LogP contribution in [0.25, 0.3) is 0 Å². The van der Waals surface area contributed by atoms with Crippen molar-refractivity contribution in [1.29, 1.82) is 0 Å². The van der Waals surface area contributed by atoms with Gasteiger partial charge in [0.1, 0.15) is 0 Å². The summed E-state index contributed by atoms with van der Waals surface area (Å²) in [5.74, 6) is 1.04. The SMILES string of the molecule is OCC(c1cncs1)C1CCCCC1. The number of hydrogen-bond acceptors (Lipinski definition) is 3. The lowest BCUT2D eigenvalue weighted by molar-refractivity contribution is 0.198. The highest BCUT2D eigenvalue weighted by atomic mass is 32.1. The molecule has 0 aromatic carbocycles. The third kappa shape index (κ3) is 2.15. The minimum absolute atomic E-state index is 0.285. The maximum absolute atomic E-state index is 9.43. The highest BCUT2D eigenvalue weighted by molar-refractivity contribution is 7.09. The van der Waals surface area contributed by atoms with Gasteiger partial charge in [0, 0.05) is 17.0 Å². The van der Waals surface area contributed by atoms with Crippen molar-refractivity contribution in [3.05, 3.63) is 16.6 Å². The molecule has 0 spiro atoms. The van der Waals surface area contributed by atoms with Gasteiger partial charge in [-0.3, -0.25) is 4.98 Å². The lowest BCUT2D eigenvalue weighted by Gasteiger charge is -2.27. The molecule has 0 amide bonds. The summed E-state index contributed by atoms with van der Waals surface area (Å²) >= 11 is 1.68. The molecule has 1 aliphatic rings. The molecule has 0 aliphatic heterocycles. The molecule has 0 radical (unpaired) electrons. The molecule has 14 heavy (non-hydrogen) atoms. The molecule has 1 saturated carbocycles. The number of hydrogen-bond donors (Lipinski definition) is 1. The number of aromatic nitrogens is 1. The molecule has 1 unspecified atom stereocenters. The second-order valence-electron chi connectivity index (χ2n) is 4.09. The van der Waals surface area contributed by atoms with Gasteiger partial charge in [0.15, 0.2) is 0 Å². The van der Waals surface area contributed by atoms with Crippen LogP contribution in [0.1, 0.15) is 42.9 Å². The molecule has 1 N–H and O–H groups in total. The zero-order valence-electron chi connectivity index (χ0n) is 8.35. The summed E-state index contributed by atoms with van der Waals surface area (Å²) in [6.45, 7) is 0.285. The standard InChI is InChI=1S/C11H17NOS/c13-7-10(11-6-12-8-14-11)9-4-2-1-3-5-9/h6,8-10,13H,1-5,7H2. The Labute approximate surface area is 89.0 Å². The Balaban J connectivity index is 2.04. The second-order valence-corrected chi connectivity index (χ2v) is 5.01. The van der Waals surface area contributed by atoms with Crippen molar-refractivity contribution in [2.24, 2.45) is 5.92 Å². The molecule has 78 valence electrons. The van der Waals surface area contributed by atoms with Crippen molar-refractivity contribution < 1.29 is 5.11 Å². The summed E-state index contributed by atoms with van der Waals surface area (Å²) in [6.07, 6.45) is 8.52. The fraction of sp³-hybridized carbons (Fsp3) is 0.727. The first-order chi connectivity index (χ1) is 6.92. The summed E-state index contributed by atoms with van der Waals surface area (Å²) in [6, 6.07) is 0. The zero-order valence-corrected chi connectivity index (χ0v) is 9.17. The Morgan fingerprint density at radius 1 is 1.43 bits per heavy atom. The van der Waals surface area contributed by atoms with Crippen LogP contribution in [-0.2, 0) is 0 Å². The maximum atomic E-state index is 9.43. The zero-order chi connectivity index (χ0) is 9.80. The third-order valence-electron chi connectivity index (χ3n) is 3.23. The van der Waals surface area contributed by atoms with Crippen LogP contribution in [-0.4, -0.2) is 16.7 Å². The number of aliphatic hydroxyl groups is 1. The maximum Gasteiger partial charge on any atom is 0.0794 e. The van der Waals surface area contributed by atoms with Crippen LogP contribution in [0.3, 0.4) is 0 Å². The number of aliphatic hydroxyl groups excluding tert-OH is 1. The van der Waals surface area contributed by atoms with Gasteiger partial charge in [-0.15, -0.1) is 11.3 Å². The lowest BCUT2D eigenvalue weighted by Crippen LogP contribution is -2.18. The van der Waals surface area contributed by atoms with Gasteiger partial charge < -0.3 is 5.11 Å². The monoisotopic (exact) mass is 211 g/mol. The van der Waals surface area contributed by atoms with E-state index in [1.165, 1.54) is 37.0 Å². The molecule has 2 rings (SSSR count). The van der Waals surface area contributed by atoms with Crippen LogP contribution in [0.5, 0.6) is 0 Å².